The van der Waals surface area contributed by atoms with E-state index in [0.29, 0.717) is 5.92 Å². The number of aromatic nitrogens is 3. The Kier molecular flexibility index (Phi) is 2.73. The number of nitrogens with one attached hydrogen (secondary N) is 1. The number of hydrogen-bond acceptors (Lipinski definition) is 2. The van der Waals surface area contributed by atoms with Crippen LogP contribution in [0.5, 0.6) is 0 Å². The monoisotopic (exact) mass is 245 g/mol. The van der Waals surface area contributed by atoms with Gasteiger partial charge in [-0.3, -0.25) is 9.89 Å². The minimum absolute atomic E-state index is 0.101. The molecule has 0 aliphatic heterocycles. The van der Waals surface area contributed by atoms with Crippen molar-refractivity contribution in [3.8, 4) is 0 Å². The molecule has 2 heterocycles. The molecule has 1 N–H and O–H groups in total. The van der Waals surface area contributed by atoms with E-state index in [4.69, 9.17) is 0 Å². The van der Waals surface area contributed by atoms with E-state index < -0.39 is 0 Å². The third kappa shape index (κ3) is 1.59. The topological polar surface area (TPSA) is 50.2 Å². The number of rotatable bonds is 2. The number of aryl methyl sites for hydroxylation is 2. The second-order valence-corrected chi connectivity index (χ2v) is 5.21. The highest BCUT2D eigenvalue weighted by molar-refractivity contribution is 5.48. The molecule has 0 bridgehead atoms. The van der Waals surface area contributed by atoms with Gasteiger partial charge in [-0.25, -0.2) is 9.50 Å². The first-order valence-corrected chi connectivity index (χ1v) is 6.82. The van der Waals surface area contributed by atoms with E-state index in [1.807, 2.05) is 13.1 Å². The Morgan fingerprint density at radius 2 is 2.17 bits per heavy atom. The Morgan fingerprint density at radius 1 is 1.44 bits per heavy atom. The summed E-state index contributed by atoms with van der Waals surface area (Å²) in [7, 11) is 0. The normalized spacial score (nSPS) is 16.8. The summed E-state index contributed by atoms with van der Waals surface area (Å²) in [6.07, 6.45) is 7.51. The summed E-state index contributed by atoms with van der Waals surface area (Å²) in [5, 5.41) is 3.04. The van der Waals surface area contributed by atoms with Gasteiger partial charge in [0.25, 0.3) is 5.56 Å². The summed E-state index contributed by atoms with van der Waals surface area (Å²) in [5.74, 6) is 0.412. The molecule has 96 valence electrons. The van der Waals surface area contributed by atoms with Gasteiger partial charge in [0.2, 0.25) is 0 Å². The van der Waals surface area contributed by atoms with Crippen molar-refractivity contribution >= 4 is 5.65 Å². The van der Waals surface area contributed by atoms with Gasteiger partial charge in [0.1, 0.15) is 0 Å². The van der Waals surface area contributed by atoms with Crippen LogP contribution in [0.4, 0.5) is 0 Å². The van der Waals surface area contributed by atoms with Gasteiger partial charge in [-0.15, -0.1) is 0 Å². The zero-order valence-electron chi connectivity index (χ0n) is 11.0. The highest BCUT2D eigenvalue weighted by Gasteiger charge is 2.24. The predicted octanol–water partition coefficient (Wildman–Crippen LogP) is 2.55. The summed E-state index contributed by atoms with van der Waals surface area (Å²) in [6.45, 7) is 4.05. The summed E-state index contributed by atoms with van der Waals surface area (Å²) in [6, 6.07) is 0. The van der Waals surface area contributed by atoms with Crippen molar-refractivity contribution in [3.05, 3.63) is 33.4 Å². The van der Waals surface area contributed by atoms with Gasteiger partial charge in [0.05, 0.1) is 0 Å². The van der Waals surface area contributed by atoms with Crippen LogP contribution in [0.3, 0.4) is 0 Å². The highest BCUT2D eigenvalue weighted by Crippen LogP contribution is 2.33. The van der Waals surface area contributed by atoms with Gasteiger partial charge in [-0.05, 0) is 32.1 Å². The van der Waals surface area contributed by atoms with Crippen molar-refractivity contribution in [1.82, 2.24) is 14.6 Å². The van der Waals surface area contributed by atoms with Crippen molar-refractivity contribution in [1.29, 1.82) is 0 Å². The quantitative estimate of drug-likeness (QED) is 0.884. The average Bonchev–Trinajstić information content (AvgIpc) is 2.97. The molecule has 0 atom stereocenters. The Bertz CT molecular complexity index is 632. The van der Waals surface area contributed by atoms with E-state index in [9.17, 15) is 4.79 Å². The Morgan fingerprint density at radius 3 is 2.83 bits per heavy atom. The van der Waals surface area contributed by atoms with Crippen molar-refractivity contribution in [2.45, 2.75) is 51.9 Å². The van der Waals surface area contributed by atoms with Crippen LogP contribution in [0.25, 0.3) is 5.65 Å². The maximum atomic E-state index is 12.6. The molecule has 1 fully saturated rings. The number of hydrogen-bond donors (Lipinski definition) is 1. The molecule has 0 aromatic carbocycles. The van der Waals surface area contributed by atoms with Crippen LogP contribution in [-0.2, 0) is 6.42 Å². The first-order valence-electron chi connectivity index (χ1n) is 6.82. The summed E-state index contributed by atoms with van der Waals surface area (Å²) >= 11 is 0. The van der Waals surface area contributed by atoms with E-state index in [1.54, 1.807) is 4.52 Å². The molecule has 1 aliphatic carbocycles. The van der Waals surface area contributed by atoms with Crippen molar-refractivity contribution in [2.75, 3.05) is 0 Å². The maximum Gasteiger partial charge on any atom is 0.276 e. The number of nitrogens with zero attached hydrogens (tertiary/aromatic N) is 2. The predicted molar refractivity (Wildman–Crippen MR) is 71.1 cm³/mol. The molecule has 0 unspecified atom stereocenters. The lowest BCUT2D eigenvalue weighted by atomic mass is 9.97. The van der Waals surface area contributed by atoms with E-state index in [-0.39, 0.29) is 5.56 Å². The first kappa shape index (κ1) is 11.5. The van der Waals surface area contributed by atoms with Crippen LogP contribution < -0.4 is 5.56 Å². The van der Waals surface area contributed by atoms with Gasteiger partial charge in [-0.1, -0.05) is 19.8 Å². The minimum atomic E-state index is 0.101. The molecule has 2 aromatic rings. The smallest absolute Gasteiger partial charge is 0.276 e. The van der Waals surface area contributed by atoms with Crippen molar-refractivity contribution in [2.24, 2.45) is 0 Å². The number of aromatic amines is 1. The lowest BCUT2D eigenvalue weighted by Gasteiger charge is -2.11. The second-order valence-electron chi connectivity index (χ2n) is 5.21. The molecule has 1 aliphatic rings. The number of H-pyrrole nitrogens is 1. The van der Waals surface area contributed by atoms with Gasteiger partial charge >= 0.3 is 0 Å². The van der Waals surface area contributed by atoms with Crippen molar-refractivity contribution < 1.29 is 0 Å². The second kappa shape index (κ2) is 4.26. The lowest BCUT2D eigenvalue weighted by molar-refractivity contribution is 0.687. The van der Waals surface area contributed by atoms with E-state index >= 15 is 0 Å². The largest absolute Gasteiger partial charge is 0.297 e. The molecular formula is C14H19N3O. The van der Waals surface area contributed by atoms with Crippen LogP contribution in [0.15, 0.2) is 11.0 Å². The molecular weight excluding hydrogens is 226 g/mol. The lowest BCUT2D eigenvalue weighted by Crippen LogP contribution is -2.23. The molecule has 0 spiro atoms. The van der Waals surface area contributed by atoms with Crippen LogP contribution in [0.2, 0.25) is 0 Å². The summed E-state index contributed by atoms with van der Waals surface area (Å²) in [5.41, 5.74) is 3.84. The minimum Gasteiger partial charge on any atom is -0.297 e. The fourth-order valence-corrected chi connectivity index (χ4v) is 3.13. The first-order chi connectivity index (χ1) is 8.72. The fraction of sp³-hybridized carbons (Fsp3) is 0.571. The molecule has 0 radical (unpaired) electrons. The molecule has 2 aromatic heterocycles. The highest BCUT2D eigenvalue weighted by atomic mass is 16.1. The van der Waals surface area contributed by atoms with Crippen molar-refractivity contribution in [3.63, 3.8) is 0 Å². The SMILES string of the molecule is CCc1c[nH]n2c(=O)c(C3CCCC3)c(C)nc12. The molecule has 0 amide bonds. The Balaban J connectivity index is 2.24. The standard InChI is InChI=1S/C14H19N3O/c1-3-10-8-15-17-13(10)16-9(2)12(14(17)18)11-6-4-5-7-11/h8,11,15H,3-7H2,1-2H3. The zero-order chi connectivity index (χ0) is 12.7. The molecule has 18 heavy (non-hydrogen) atoms. The van der Waals surface area contributed by atoms with Crippen LogP contribution >= 0.6 is 0 Å². The van der Waals surface area contributed by atoms with Gasteiger partial charge < -0.3 is 0 Å². The summed E-state index contributed by atoms with van der Waals surface area (Å²) in [4.78, 5) is 17.2. The molecule has 4 nitrogen and oxygen atoms in total. The third-order valence-corrected chi connectivity index (χ3v) is 4.11. The molecule has 0 saturated heterocycles. The van der Waals surface area contributed by atoms with E-state index in [0.717, 1.165) is 41.7 Å². The van der Waals surface area contributed by atoms with Gasteiger partial charge in [-0.2, -0.15) is 0 Å². The Hall–Kier alpha value is -1.58. The molecule has 4 heteroatoms. The van der Waals surface area contributed by atoms with Crippen LogP contribution in [0, 0.1) is 6.92 Å². The van der Waals surface area contributed by atoms with Crippen LogP contribution in [-0.4, -0.2) is 14.6 Å². The molecule has 3 rings (SSSR count). The van der Waals surface area contributed by atoms with Gasteiger partial charge in [0, 0.05) is 23.0 Å². The van der Waals surface area contributed by atoms with Crippen LogP contribution in [0.1, 0.15) is 55.3 Å². The Labute approximate surface area is 106 Å². The zero-order valence-corrected chi connectivity index (χ0v) is 11.0. The van der Waals surface area contributed by atoms with E-state index in [1.165, 1.54) is 12.8 Å². The number of fused-ring (bicyclic) bond motifs is 1. The third-order valence-electron chi connectivity index (χ3n) is 4.11. The maximum absolute atomic E-state index is 12.6. The average molecular weight is 245 g/mol. The fourth-order valence-electron chi connectivity index (χ4n) is 3.13. The van der Waals surface area contributed by atoms with E-state index in [2.05, 4.69) is 17.0 Å². The molecule has 1 saturated carbocycles. The summed E-state index contributed by atoms with van der Waals surface area (Å²) < 4.78 is 1.61. The van der Waals surface area contributed by atoms with Gasteiger partial charge in [0.15, 0.2) is 5.65 Å².